The number of ether oxygens (including phenoxy) is 1. The molecule has 0 aromatic rings. The zero-order valence-electron chi connectivity index (χ0n) is 8.25. The number of likely N-dealkylation sites (N-methyl/N-ethyl adjacent to an activating group) is 1. The third kappa shape index (κ3) is 8.37. The van der Waals surface area contributed by atoms with Gasteiger partial charge in [0.15, 0.2) is 0 Å². The van der Waals surface area contributed by atoms with E-state index in [-0.39, 0.29) is 0 Å². The molecule has 0 unspecified atom stereocenters. The molecule has 0 heterocycles. The largest absolute Gasteiger partial charge is 0.383 e. The third-order valence-corrected chi connectivity index (χ3v) is 2.19. The maximum Gasteiger partial charge on any atom is 0.0589 e. The summed E-state index contributed by atoms with van der Waals surface area (Å²) in [6.45, 7) is 3.05. The van der Waals surface area contributed by atoms with Crippen molar-refractivity contribution in [3.05, 3.63) is 0 Å². The van der Waals surface area contributed by atoms with Crippen molar-refractivity contribution in [1.29, 1.82) is 0 Å². The Balaban J connectivity index is 3.02. The van der Waals surface area contributed by atoms with Crippen molar-refractivity contribution in [2.24, 2.45) is 0 Å². The summed E-state index contributed by atoms with van der Waals surface area (Å²) < 4.78 is 4.99. The van der Waals surface area contributed by atoms with Gasteiger partial charge in [0.1, 0.15) is 0 Å². The van der Waals surface area contributed by atoms with Crippen LogP contribution in [0.4, 0.5) is 0 Å². The van der Waals surface area contributed by atoms with Crippen molar-refractivity contribution in [2.45, 2.75) is 19.3 Å². The van der Waals surface area contributed by atoms with Gasteiger partial charge in [0, 0.05) is 13.7 Å². The van der Waals surface area contributed by atoms with Crippen LogP contribution in [0.3, 0.4) is 0 Å². The average Bonchev–Trinajstić information content (AvgIpc) is 2.09. The second-order valence-corrected chi connectivity index (χ2v) is 3.53. The third-order valence-electron chi connectivity index (χ3n) is 1.88. The van der Waals surface area contributed by atoms with Crippen molar-refractivity contribution < 1.29 is 4.74 Å². The van der Waals surface area contributed by atoms with E-state index in [9.17, 15) is 0 Å². The molecule has 74 valence electrons. The molecule has 0 aromatic carbocycles. The summed E-state index contributed by atoms with van der Waals surface area (Å²) in [4.78, 5) is 2.31. The minimum Gasteiger partial charge on any atom is -0.383 e. The highest BCUT2D eigenvalue weighted by atomic mass is 32.1. The fraction of sp³-hybridized carbons (Fsp3) is 1.00. The molecule has 0 spiro atoms. The van der Waals surface area contributed by atoms with Gasteiger partial charge in [-0.15, -0.1) is 0 Å². The normalized spacial score (nSPS) is 11.0. The van der Waals surface area contributed by atoms with Gasteiger partial charge < -0.3 is 9.64 Å². The number of rotatable bonds is 8. The predicted octanol–water partition coefficient (Wildman–Crippen LogP) is 1.66. The number of unbranched alkanes of at least 4 members (excludes halogenated alkanes) is 2. The lowest BCUT2D eigenvalue weighted by molar-refractivity contribution is 0.160. The molecule has 0 aromatic heterocycles. The molecule has 0 N–H and O–H groups in total. The van der Waals surface area contributed by atoms with E-state index in [0.29, 0.717) is 0 Å². The van der Waals surface area contributed by atoms with Crippen LogP contribution in [0.15, 0.2) is 0 Å². The van der Waals surface area contributed by atoms with Gasteiger partial charge >= 0.3 is 0 Å². The van der Waals surface area contributed by atoms with Gasteiger partial charge in [-0.2, -0.15) is 12.6 Å². The average molecular weight is 191 g/mol. The fourth-order valence-electron chi connectivity index (χ4n) is 1.03. The Morgan fingerprint density at radius 3 is 2.50 bits per heavy atom. The van der Waals surface area contributed by atoms with Gasteiger partial charge in [-0.3, -0.25) is 0 Å². The number of hydrogen-bond acceptors (Lipinski definition) is 3. The van der Waals surface area contributed by atoms with Crippen molar-refractivity contribution in [3.8, 4) is 0 Å². The van der Waals surface area contributed by atoms with Crippen LogP contribution >= 0.6 is 12.6 Å². The molecule has 0 amide bonds. The standard InChI is InChI=1S/C9H21NOS/c1-10(7-8-11-2)6-4-3-5-9-12/h12H,3-9H2,1-2H3. The molecular formula is C9H21NOS. The molecule has 0 saturated carbocycles. The second-order valence-electron chi connectivity index (χ2n) is 3.08. The topological polar surface area (TPSA) is 12.5 Å². The zero-order valence-corrected chi connectivity index (χ0v) is 9.15. The summed E-state index contributed by atoms with van der Waals surface area (Å²) in [7, 11) is 3.88. The maximum atomic E-state index is 4.99. The Morgan fingerprint density at radius 1 is 1.17 bits per heavy atom. The first kappa shape index (κ1) is 12.3. The Bertz CT molecular complexity index is 90.6. The highest BCUT2D eigenvalue weighted by Gasteiger charge is 1.96. The molecule has 12 heavy (non-hydrogen) atoms. The Kier molecular flexibility index (Phi) is 9.57. The van der Waals surface area contributed by atoms with Crippen LogP contribution < -0.4 is 0 Å². The minimum atomic E-state index is 0.836. The number of thiol groups is 1. The molecule has 0 aliphatic carbocycles. The summed E-state index contributed by atoms with van der Waals surface area (Å²) in [5.41, 5.74) is 0. The first-order valence-corrected chi connectivity index (χ1v) is 5.23. The van der Waals surface area contributed by atoms with E-state index in [0.717, 1.165) is 18.9 Å². The van der Waals surface area contributed by atoms with E-state index in [4.69, 9.17) is 4.74 Å². The van der Waals surface area contributed by atoms with Crippen LogP contribution in [-0.4, -0.2) is 44.5 Å². The van der Waals surface area contributed by atoms with Crippen LogP contribution in [0.5, 0.6) is 0 Å². The Morgan fingerprint density at radius 2 is 1.92 bits per heavy atom. The first-order chi connectivity index (χ1) is 5.81. The number of methoxy groups -OCH3 is 1. The summed E-state index contributed by atoms with van der Waals surface area (Å²) in [5.74, 6) is 1.02. The van der Waals surface area contributed by atoms with E-state index in [2.05, 4.69) is 24.6 Å². The number of hydrogen-bond donors (Lipinski definition) is 1. The van der Waals surface area contributed by atoms with E-state index in [1.807, 2.05) is 0 Å². The highest BCUT2D eigenvalue weighted by molar-refractivity contribution is 7.80. The maximum absolute atomic E-state index is 4.99. The monoisotopic (exact) mass is 191 g/mol. The summed E-state index contributed by atoms with van der Waals surface area (Å²) in [5, 5.41) is 0. The van der Waals surface area contributed by atoms with Crippen LogP contribution in [0, 0.1) is 0 Å². The zero-order chi connectivity index (χ0) is 9.23. The van der Waals surface area contributed by atoms with Gasteiger partial charge in [0.2, 0.25) is 0 Å². The van der Waals surface area contributed by atoms with E-state index in [1.165, 1.54) is 25.8 Å². The molecule has 0 fully saturated rings. The van der Waals surface area contributed by atoms with Crippen LogP contribution in [0.25, 0.3) is 0 Å². The SMILES string of the molecule is COCCN(C)CCCCCS. The molecular weight excluding hydrogens is 170 g/mol. The summed E-state index contributed by atoms with van der Waals surface area (Å²) in [6.07, 6.45) is 3.81. The second kappa shape index (κ2) is 9.36. The van der Waals surface area contributed by atoms with Crippen LogP contribution in [-0.2, 0) is 4.74 Å². The lowest BCUT2D eigenvalue weighted by Gasteiger charge is -2.15. The van der Waals surface area contributed by atoms with Gasteiger partial charge in [-0.05, 0) is 32.2 Å². The fourth-order valence-corrected chi connectivity index (χ4v) is 1.25. The van der Waals surface area contributed by atoms with E-state index < -0.39 is 0 Å². The quantitative estimate of drug-likeness (QED) is 0.463. The number of nitrogens with zero attached hydrogens (tertiary/aromatic N) is 1. The lowest BCUT2D eigenvalue weighted by Crippen LogP contribution is -2.23. The Labute approximate surface area is 81.7 Å². The van der Waals surface area contributed by atoms with E-state index in [1.54, 1.807) is 7.11 Å². The van der Waals surface area contributed by atoms with Crippen LogP contribution in [0.2, 0.25) is 0 Å². The smallest absolute Gasteiger partial charge is 0.0589 e. The summed E-state index contributed by atoms with van der Waals surface area (Å²) >= 11 is 4.17. The molecule has 0 rings (SSSR count). The molecule has 0 saturated heterocycles. The molecule has 0 aliphatic rings. The van der Waals surface area contributed by atoms with E-state index >= 15 is 0 Å². The van der Waals surface area contributed by atoms with Crippen molar-refractivity contribution in [1.82, 2.24) is 4.90 Å². The minimum absolute atomic E-state index is 0.836. The lowest BCUT2D eigenvalue weighted by atomic mass is 10.2. The van der Waals surface area contributed by atoms with Crippen molar-refractivity contribution >= 4 is 12.6 Å². The van der Waals surface area contributed by atoms with Crippen LogP contribution in [0.1, 0.15) is 19.3 Å². The molecule has 0 atom stereocenters. The summed E-state index contributed by atoms with van der Waals surface area (Å²) in [6, 6.07) is 0. The van der Waals surface area contributed by atoms with Crippen molar-refractivity contribution in [2.75, 3.05) is 39.6 Å². The molecule has 0 aliphatic heterocycles. The van der Waals surface area contributed by atoms with Gasteiger partial charge in [-0.25, -0.2) is 0 Å². The molecule has 3 heteroatoms. The predicted molar refractivity (Wildman–Crippen MR) is 57.1 cm³/mol. The van der Waals surface area contributed by atoms with Gasteiger partial charge in [0.05, 0.1) is 6.61 Å². The Hall–Kier alpha value is 0.270. The highest BCUT2D eigenvalue weighted by Crippen LogP contribution is 1.98. The molecule has 0 radical (unpaired) electrons. The van der Waals surface area contributed by atoms with Crippen molar-refractivity contribution in [3.63, 3.8) is 0 Å². The van der Waals surface area contributed by atoms with Gasteiger partial charge in [0.25, 0.3) is 0 Å². The van der Waals surface area contributed by atoms with Gasteiger partial charge in [-0.1, -0.05) is 6.42 Å². The molecule has 0 bridgehead atoms. The molecule has 2 nitrogen and oxygen atoms in total. The first-order valence-electron chi connectivity index (χ1n) is 4.59.